The van der Waals surface area contributed by atoms with Crippen molar-refractivity contribution in [1.29, 1.82) is 0 Å². The first-order valence-corrected chi connectivity index (χ1v) is 12.3. The van der Waals surface area contributed by atoms with Gasteiger partial charge in [0.1, 0.15) is 0 Å². The van der Waals surface area contributed by atoms with E-state index in [-0.39, 0.29) is 29.3 Å². The predicted octanol–water partition coefficient (Wildman–Crippen LogP) is 1.81. The number of nitrogens with zero attached hydrogens (tertiary/aromatic N) is 2. The minimum absolute atomic E-state index is 0.0460. The van der Waals surface area contributed by atoms with Crippen molar-refractivity contribution in [3.63, 3.8) is 0 Å². The Morgan fingerprint density at radius 3 is 2.59 bits per heavy atom. The van der Waals surface area contributed by atoms with Gasteiger partial charge in [-0.15, -0.1) is 0 Å². The zero-order chi connectivity index (χ0) is 23.0. The molecule has 170 valence electrons. The SMILES string of the molecule is CC(C)NC(=O)c1cccc2c1CCCN2CC(=O)N1CCc2cc(S(N)(=O)=O)ccc21. The molecule has 0 unspecified atom stereocenters. The lowest BCUT2D eigenvalue weighted by atomic mass is 9.95. The summed E-state index contributed by atoms with van der Waals surface area (Å²) in [5, 5.41) is 8.18. The van der Waals surface area contributed by atoms with E-state index < -0.39 is 10.0 Å². The number of nitrogens with one attached hydrogen (secondary N) is 1. The molecule has 2 aliphatic rings. The summed E-state index contributed by atoms with van der Waals surface area (Å²) in [6.07, 6.45) is 2.24. The summed E-state index contributed by atoms with van der Waals surface area (Å²) in [6, 6.07) is 10.3. The molecule has 2 aromatic carbocycles. The van der Waals surface area contributed by atoms with Crippen LogP contribution in [0.1, 0.15) is 41.8 Å². The molecule has 0 aromatic heterocycles. The van der Waals surface area contributed by atoms with Crippen LogP contribution in [-0.4, -0.2) is 45.9 Å². The maximum absolute atomic E-state index is 13.2. The number of rotatable bonds is 5. The molecule has 32 heavy (non-hydrogen) atoms. The summed E-state index contributed by atoms with van der Waals surface area (Å²) in [5.41, 5.74) is 4.09. The van der Waals surface area contributed by atoms with E-state index in [0.717, 1.165) is 41.9 Å². The molecule has 2 heterocycles. The molecule has 0 fully saturated rings. The van der Waals surface area contributed by atoms with Gasteiger partial charge in [-0.1, -0.05) is 6.07 Å². The number of benzene rings is 2. The van der Waals surface area contributed by atoms with Gasteiger partial charge in [-0.25, -0.2) is 13.6 Å². The van der Waals surface area contributed by atoms with E-state index in [1.165, 1.54) is 6.07 Å². The molecular formula is C23H28N4O4S. The van der Waals surface area contributed by atoms with E-state index >= 15 is 0 Å². The number of sulfonamides is 1. The Bertz CT molecular complexity index is 1180. The van der Waals surface area contributed by atoms with Gasteiger partial charge in [0.2, 0.25) is 15.9 Å². The van der Waals surface area contributed by atoms with Crippen LogP contribution >= 0.6 is 0 Å². The number of amides is 2. The van der Waals surface area contributed by atoms with Gasteiger partial charge < -0.3 is 15.1 Å². The van der Waals surface area contributed by atoms with Gasteiger partial charge in [-0.05, 0) is 74.6 Å². The number of primary sulfonamides is 1. The molecular weight excluding hydrogens is 428 g/mol. The number of nitrogens with two attached hydrogens (primary N) is 1. The smallest absolute Gasteiger partial charge is 0.251 e. The lowest BCUT2D eigenvalue weighted by molar-refractivity contribution is -0.117. The summed E-state index contributed by atoms with van der Waals surface area (Å²) in [4.78, 5) is 29.6. The standard InChI is InChI=1S/C23H28N4O4S/c1-15(2)25-23(29)19-5-3-7-21-18(19)6-4-11-26(21)14-22(28)27-12-10-16-13-17(32(24,30)31)8-9-20(16)27/h3,5,7-9,13,15H,4,6,10-12,14H2,1-2H3,(H,25,29)(H2,24,30,31). The maximum Gasteiger partial charge on any atom is 0.251 e. The van der Waals surface area contributed by atoms with Crippen LogP contribution in [0.2, 0.25) is 0 Å². The van der Waals surface area contributed by atoms with Crippen LogP contribution in [-0.2, 0) is 27.7 Å². The van der Waals surface area contributed by atoms with E-state index in [4.69, 9.17) is 5.14 Å². The van der Waals surface area contributed by atoms with Crippen molar-refractivity contribution >= 4 is 33.2 Å². The first kappa shape index (κ1) is 22.3. The average Bonchev–Trinajstić information content (AvgIpc) is 3.16. The van der Waals surface area contributed by atoms with Crippen molar-refractivity contribution in [3.8, 4) is 0 Å². The molecule has 2 aromatic rings. The third-order valence-corrected chi connectivity index (χ3v) is 6.82. The molecule has 2 amide bonds. The van der Waals surface area contributed by atoms with E-state index in [1.54, 1.807) is 17.0 Å². The normalized spacial score (nSPS) is 15.5. The highest BCUT2D eigenvalue weighted by Crippen LogP contribution is 2.32. The zero-order valence-electron chi connectivity index (χ0n) is 18.3. The lowest BCUT2D eigenvalue weighted by Gasteiger charge is -2.33. The Morgan fingerprint density at radius 1 is 1.09 bits per heavy atom. The molecule has 3 N–H and O–H groups in total. The fourth-order valence-electron chi connectivity index (χ4n) is 4.48. The van der Waals surface area contributed by atoms with Crippen molar-refractivity contribution < 1.29 is 18.0 Å². The summed E-state index contributed by atoms with van der Waals surface area (Å²) < 4.78 is 23.2. The highest BCUT2D eigenvalue weighted by molar-refractivity contribution is 7.89. The van der Waals surface area contributed by atoms with Gasteiger partial charge in [0, 0.05) is 36.1 Å². The molecule has 2 aliphatic heterocycles. The third kappa shape index (κ3) is 4.35. The summed E-state index contributed by atoms with van der Waals surface area (Å²) in [7, 11) is -3.78. The minimum atomic E-state index is -3.78. The zero-order valence-corrected chi connectivity index (χ0v) is 19.1. The van der Waals surface area contributed by atoms with Crippen molar-refractivity contribution in [2.75, 3.05) is 29.4 Å². The quantitative estimate of drug-likeness (QED) is 0.713. The van der Waals surface area contributed by atoms with Crippen molar-refractivity contribution in [2.45, 2.75) is 44.0 Å². The Morgan fingerprint density at radius 2 is 1.88 bits per heavy atom. The second-order valence-electron chi connectivity index (χ2n) is 8.59. The molecule has 0 saturated heterocycles. The Labute approximate surface area is 188 Å². The van der Waals surface area contributed by atoms with Crippen LogP contribution in [0.4, 0.5) is 11.4 Å². The molecule has 0 bridgehead atoms. The molecule has 0 aliphatic carbocycles. The van der Waals surface area contributed by atoms with Crippen molar-refractivity contribution in [3.05, 3.63) is 53.1 Å². The highest BCUT2D eigenvalue weighted by atomic mass is 32.2. The number of hydrogen-bond donors (Lipinski definition) is 2. The van der Waals surface area contributed by atoms with Crippen LogP contribution < -0.4 is 20.3 Å². The predicted molar refractivity (Wildman–Crippen MR) is 123 cm³/mol. The van der Waals surface area contributed by atoms with Gasteiger partial charge in [0.05, 0.1) is 11.4 Å². The van der Waals surface area contributed by atoms with Crippen LogP contribution in [0.3, 0.4) is 0 Å². The molecule has 8 nitrogen and oxygen atoms in total. The molecule has 9 heteroatoms. The molecule has 4 rings (SSSR count). The topological polar surface area (TPSA) is 113 Å². The Hall–Kier alpha value is -2.91. The lowest BCUT2D eigenvalue weighted by Crippen LogP contribution is -2.42. The Kier molecular flexibility index (Phi) is 5.96. The number of anilines is 2. The van der Waals surface area contributed by atoms with Crippen LogP contribution in [0.5, 0.6) is 0 Å². The second-order valence-corrected chi connectivity index (χ2v) is 10.1. The molecule has 0 saturated carbocycles. The number of fused-ring (bicyclic) bond motifs is 2. The summed E-state index contributed by atoms with van der Waals surface area (Å²) in [5.74, 6) is -0.152. The summed E-state index contributed by atoms with van der Waals surface area (Å²) >= 11 is 0. The third-order valence-electron chi connectivity index (χ3n) is 5.91. The van der Waals surface area contributed by atoms with Gasteiger partial charge in [-0.2, -0.15) is 0 Å². The van der Waals surface area contributed by atoms with Gasteiger partial charge in [-0.3, -0.25) is 9.59 Å². The maximum atomic E-state index is 13.2. The summed E-state index contributed by atoms with van der Waals surface area (Å²) in [6.45, 7) is 5.29. The first-order chi connectivity index (χ1) is 15.1. The van der Waals surface area contributed by atoms with Gasteiger partial charge >= 0.3 is 0 Å². The number of hydrogen-bond acceptors (Lipinski definition) is 5. The van der Waals surface area contributed by atoms with Crippen LogP contribution in [0.25, 0.3) is 0 Å². The van der Waals surface area contributed by atoms with E-state index in [2.05, 4.69) is 5.32 Å². The fraction of sp³-hybridized carbons (Fsp3) is 0.391. The van der Waals surface area contributed by atoms with E-state index in [9.17, 15) is 18.0 Å². The highest BCUT2D eigenvalue weighted by Gasteiger charge is 2.29. The van der Waals surface area contributed by atoms with Gasteiger partial charge in [0.25, 0.3) is 5.91 Å². The van der Waals surface area contributed by atoms with E-state index in [0.29, 0.717) is 18.5 Å². The van der Waals surface area contributed by atoms with Gasteiger partial charge in [0.15, 0.2) is 0 Å². The second kappa shape index (κ2) is 8.55. The average molecular weight is 457 g/mol. The number of carbonyl (C=O) groups is 2. The van der Waals surface area contributed by atoms with Crippen molar-refractivity contribution in [1.82, 2.24) is 5.32 Å². The molecule has 0 radical (unpaired) electrons. The number of carbonyl (C=O) groups excluding carboxylic acids is 2. The first-order valence-electron chi connectivity index (χ1n) is 10.8. The van der Waals surface area contributed by atoms with Crippen LogP contribution in [0, 0.1) is 0 Å². The van der Waals surface area contributed by atoms with Crippen molar-refractivity contribution in [2.24, 2.45) is 5.14 Å². The fourth-order valence-corrected chi connectivity index (χ4v) is 5.04. The van der Waals surface area contributed by atoms with E-state index in [1.807, 2.05) is 36.9 Å². The molecule has 0 spiro atoms. The van der Waals surface area contributed by atoms with Crippen LogP contribution in [0.15, 0.2) is 41.3 Å². The monoisotopic (exact) mass is 456 g/mol. The minimum Gasteiger partial charge on any atom is -0.362 e. The Balaban J connectivity index is 1.55. The largest absolute Gasteiger partial charge is 0.362 e. The molecule has 0 atom stereocenters.